The lowest BCUT2D eigenvalue weighted by atomic mass is 9.75. The van der Waals surface area contributed by atoms with Crippen LogP contribution in [0.3, 0.4) is 0 Å². The number of methoxy groups -OCH3 is 1. The van der Waals surface area contributed by atoms with Crippen LogP contribution in [-0.2, 0) is 26.2 Å². The van der Waals surface area contributed by atoms with Gasteiger partial charge in [-0.2, -0.15) is 0 Å². The van der Waals surface area contributed by atoms with Crippen LogP contribution in [0.5, 0.6) is 5.75 Å². The molecule has 0 radical (unpaired) electrons. The maximum absolute atomic E-state index is 14.7. The number of piperidine rings is 1. The molecule has 272 valence electrons. The summed E-state index contributed by atoms with van der Waals surface area (Å²) in [5, 5.41) is 10.9. The van der Waals surface area contributed by atoms with Crippen molar-refractivity contribution in [3.05, 3.63) is 63.9 Å². The highest BCUT2D eigenvalue weighted by Crippen LogP contribution is 2.55. The van der Waals surface area contributed by atoms with Crippen molar-refractivity contribution in [3.63, 3.8) is 0 Å². The number of fused-ring (bicyclic) bond motifs is 6. The van der Waals surface area contributed by atoms with Gasteiger partial charge in [0.25, 0.3) is 5.91 Å². The zero-order valence-electron chi connectivity index (χ0n) is 29.6. The molecule has 2 aromatic rings. The third kappa shape index (κ3) is 5.68. The molecule has 11 nitrogen and oxygen atoms in total. The topological polar surface area (TPSA) is 138 Å². The molecule has 3 amide bonds. The fraction of sp³-hybridized carbons (Fsp3) is 0.564. The van der Waals surface area contributed by atoms with Crippen molar-refractivity contribution in [3.8, 4) is 5.75 Å². The van der Waals surface area contributed by atoms with Crippen LogP contribution in [0, 0.1) is 5.92 Å². The molecule has 0 bridgehead atoms. The second-order valence-corrected chi connectivity index (χ2v) is 17.2. The summed E-state index contributed by atoms with van der Waals surface area (Å²) in [6.45, 7) is 3.70. The highest BCUT2D eigenvalue weighted by atomic mass is 32.2. The van der Waals surface area contributed by atoms with Crippen molar-refractivity contribution >= 4 is 38.8 Å². The Morgan fingerprint density at radius 3 is 2.51 bits per heavy atom. The van der Waals surface area contributed by atoms with E-state index >= 15 is 0 Å². The Balaban J connectivity index is 1.22. The minimum atomic E-state index is -3.79. The van der Waals surface area contributed by atoms with Crippen molar-refractivity contribution in [2.45, 2.75) is 101 Å². The number of allylic oxidation sites excluding steroid dienone is 4. The largest absolute Gasteiger partial charge is 0.496 e. The summed E-state index contributed by atoms with van der Waals surface area (Å²) >= 11 is 0. The first kappa shape index (κ1) is 34.0. The number of ether oxygens (including phenoxy) is 1. The van der Waals surface area contributed by atoms with Crippen LogP contribution < -0.4 is 9.46 Å². The van der Waals surface area contributed by atoms with E-state index in [1.165, 1.54) is 24.8 Å². The number of sulfonamides is 1. The molecule has 3 aliphatic heterocycles. The van der Waals surface area contributed by atoms with E-state index in [1.54, 1.807) is 18.9 Å². The van der Waals surface area contributed by atoms with Crippen LogP contribution in [0.15, 0.2) is 52.6 Å². The van der Waals surface area contributed by atoms with Gasteiger partial charge in [0, 0.05) is 48.7 Å². The van der Waals surface area contributed by atoms with Crippen molar-refractivity contribution in [1.29, 1.82) is 0 Å². The molecule has 4 heterocycles. The van der Waals surface area contributed by atoms with Gasteiger partial charge in [-0.1, -0.05) is 44.4 Å². The summed E-state index contributed by atoms with van der Waals surface area (Å²) in [6.07, 6.45) is 12.8. The summed E-state index contributed by atoms with van der Waals surface area (Å²) in [4.78, 5) is 44.0. The molecule has 1 aromatic heterocycles. The van der Waals surface area contributed by atoms with E-state index in [2.05, 4.69) is 27.5 Å². The van der Waals surface area contributed by atoms with Gasteiger partial charge in [0.1, 0.15) is 5.75 Å². The Morgan fingerprint density at radius 2 is 1.80 bits per heavy atom. The maximum atomic E-state index is 14.7. The Morgan fingerprint density at radius 1 is 1.04 bits per heavy atom. The smallest absolute Gasteiger partial charge is 0.407 e. The van der Waals surface area contributed by atoms with Gasteiger partial charge in [0.2, 0.25) is 15.9 Å². The number of carboxylic acid groups (broad SMARTS) is 1. The van der Waals surface area contributed by atoms with Gasteiger partial charge >= 0.3 is 6.09 Å². The first-order valence-electron chi connectivity index (χ1n) is 18.8. The monoisotopic (exact) mass is 716 g/mol. The van der Waals surface area contributed by atoms with Crippen LogP contribution >= 0.6 is 0 Å². The molecular weight excluding hydrogens is 669 g/mol. The Bertz CT molecular complexity index is 2010. The van der Waals surface area contributed by atoms with Gasteiger partial charge in [-0.05, 0) is 91.7 Å². The highest BCUT2D eigenvalue weighted by Gasteiger charge is 2.50. The van der Waals surface area contributed by atoms with Gasteiger partial charge < -0.3 is 24.2 Å². The predicted octanol–water partition coefficient (Wildman–Crippen LogP) is 5.97. The molecule has 1 saturated carbocycles. The van der Waals surface area contributed by atoms with E-state index in [9.17, 15) is 27.9 Å². The molecule has 3 aliphatic carbocycles. The van der Waals surface area contributed by atoms with Crippen LogP contribution in [0.1, 0.15) is 101 Å². The van der Waals surface area contributed by atoms with Gasteiger partial charge in [0.15, 0.2) is 0 Å². The number of benzene rings is 1. The number of carbonyl (C=O) groups is 3. The van der Waals surface area contributed by atoms with Crippen LogP contribution in [0.4, 0.5) is 4.79 Å². The van der Waals surface area contributed by atoms with E-state index in [1.807, 2.05) is 17.1 Å². The van der Waals surface area contributed by atoms with Gasteiger partial charge in [0.05, 0.1) is 29.9 Å². The average Bonchev–Trinajstić information content (AvgIpc) is 3.55. The zero-order chi connectivity index (χ0) is 35.7. The fourth-order valence-corrected chi connectivity index (χ4v) is 11.2. The van der Waals surface area contributed by atoms with Crippen LogP contribution in [0.2, 0.25) is 0 Å². The lowest BCUT2D eigenvalue weighted by molar-refractivity contribution is -0.138. The Labute approximate surface area is 299 Å². The highest BCUT2D eigenvalue weighted by molar-refractivity contribution is 7.90. The zero-order valence-corrected chi connectivity index (χ0v) is 30.4. The number of nitrogens with zero attached hydrogens (tertiary/aromatic N) is 3. The standard InChI is InChI=1S/C39H48N4O7S/c1-3-21-51(48,49)40-36(44)34-29-23-42-30(22-28-31(50-2)14-13-25(35(28)42)24-9-5-4-6-10-24)32-26(33(29)34)11-7-12-27(32)37(45)41-19-16-39(17-20-41)15-8-18-43(39)38(46)47/h7,11,13-14,22,24,27,32H,3-6,8-10,12,15-21,23H2,1-2H3,(H,40,44)(H,46,47)/t27-,32?/m1/s1. The Kier molecular flexibility index (Phi) is 8.59. The van der Waals surface area contributed by atoms with Crippen molar-refractivity contribution in [2.24, 2.45) is 5.92 Å². The second-order valence-electron chi connectivity index (χ2n) is 15.4. The minimum absolute atomic E-state index is 0.0362. The number of rotatable bonds is 7. The molecule has 12 heteroatoms. The molecule has 1 aromatic carbocycles. The molecule has 3 fully saturated rings. The number of amides is 3. The van der Waals surface area contributed by atoms with E-state index in [-0.39, 0.29) is 17.6 Å². The minimum Gasteiger partial charge on any atom is -0.496 e. The van der Waals surface area contributed by atoms with Crippen LogP contribution in [0.25, 0.3) is 10.9 Å². The number of hydrogen-bond donors (Lipinski definition) is 2. The lowest BCUT2D eigenvalue weighted by Gasteiger charge is -2.45. The molecule has 2 N–H and O–H groups in total. The van der Waals surface area contributed by atoms with E-state index in [4.69, 9.17) is 4.74 Å². The van der Waals surface area contributed by atoms with E-state index in [0.29, 0.717) is 63.4 Å². The van der Waals surface area contributed by atoms with Crippen molar-refractivity contribution < 1.29 is 32.6 Å². The summed E-state index contributed by atoms with van der Waals surface area (Å²) < 4.78 is 36.0. The molecule has 6 aliphatic rings. The van der Waals surface area contributed by atoms with Crippen LogP contribution in [-0.4, -0.2) is 83.8 Å². The molecule has 1 spiro atoms. The summed E-state index contributed by atoms with van der Waals surface area (Å²) in [6, 6.07) is 6.43. The van der Waals surface area contributed by atoms with Gasteiger partial charge in [-0.15, -0.1) is 0 Å². The number of nitrogens with one attached hydrogen (secondary N) is 1. The third-order valence-electron chi connectivity index (χ3n) is 12.6. The first-order chi connectivity index (χ1) is 24.6. The molecular formula is C39H48N4O7S. The SMILES string of the molecule is CCCS(=O)(=O)NC(=O)C1=C2Cn3c(cc4c(OC)ccc(C5CCCCC5)c43)C3C(=C21)C=CC[C@H]3C(=O)N1CCC2(CCCN2C(=O)O)CC1. The van der Waals surface area contributed by atoms with E-state index in [0.717, 1.165) is 64.7 Å². The lowest BCUT2D eigenvalue weighted by Crippen LogP contribution is -2.55. The number of hydrogen-bond acceptors (Lipinski definition) is 6. The average molecular weight is 717 g/mol. The normalized spacial score (nSPS) is 24.4. The number of carbonyl (C=O) groups excluding carboxylic acids is 2. The molecule has 2 atom stereocenters. The molecule has 1 unspecified atom stereocenters. The fourth-order valence-electron chi connectivity index (χ4n) is 10.2. The third-order valence-corrected chi connectivity index (χ3v) is 14.0. The molecule has 2 saturated heterocycles. The van der Waals surface area contributed by atoms with E-state index < -0.39 is 33.5 Å². The molecule has 8 rings (SSSR count). The van der Waals surface area contributed by atoms with Gasteiger partial charge in [-0.25, -0.2) is 17.9 Å². The maximum Gasteiger partial charge on any atom is 0.407 e. The van der Waals surface area contributed by atoms with Crippen molar-refractivity contribution in [2.75, 3.05) is 32.5 Å². The molecule has 51 heavy (non-hydrogen) atoms. The predicted molar refractivity (Wildman–Crippen MR) is 193 cm³/mol. The number of likely N-dealkylation sites (tertiary alicyclic amines) is 2. The summed E-state index contributed by atoms with van der Waals surface area (Å²) in [7, 11) is -2.11. The number of aromatic nitrogens is 1. The van der Waals surface area contributed by atoms with Gasteiger partial charge in [-0.3, -0.25) is 9.59 Å². The Hall–Kier alpha value is -4.06. The second kappa shape index (κ2) is 12.9. The van der Waals surface area contributed by atoms with Crippen molar-refractivity contribution in [1.82, 2.24) is 19.1 Å². The summed E-state index contributed by atoms with van der Waals surface area (Å²) in [5.41, 5.74) is 5.83. The quantitative estimate of drug-likeness (QED) is 0.360. The summed E-state index contributed by atoms with van der Waals surface area (Å²) in [5.74, 6) is -0.347. The first-order valence-corrected chi connectivity index (χ1v) is 20.4.